The molecule has 0 bridgehead atoms. The molecule has 0 saturated heterocycles. The summed E-state index contributed by atoms with van der Waals surface area (Å²) in [6.45, 7) is 0. The minimum absolute atomic E-state index is 0.493. The van der Waals surface area contributed by atoms with E-state index in [1.165, 1.54) is 0 Å². The molecule has 1 aromatic rings. The fraction of sp³-hybridized carbons (Fsp3) is 0.300. The minimum Gasteiger partial charge on any atom is -0.255 e. The fourth-order valence-electron chi connectivity index (χ4n) is 1.07. The first-order valence-electron chi connectivity index (χ1n) is 4.09. The molecule has 14 heavy (non-hydrogen) atoms. The lowest BCUT2D eigenvalue weighted by atomic mass is 10.1. The second-order valence-corrected chi connectivity index (χ2v) is 4.81. The molecule has 0 aliphatic heterocycles. The van der Waals surface area contributed by atoms with Crippen molar-refractivity contribution >= 4 is 22.4 Å². The molecule has 1 rings (SSSR count). The highest BCUT2D eigenvalue weighted by atomic mass is 35.5. The Balaban J connectivity index is 2.75. The monoisotopic (exact) mass is 227 g/mol. The van der Waals surface area contributed by atoms with E-state index in [4.69, 9.17) is 16.9 Å². The number of benzene rings is 1. The number of alkyl halides is 1. The highest BCUT2D eigenvalue weighted by molar-refractivity contribution is 7.84. The van der Waals surface area contributed by atoms with Crippen molar-refractivity contribution in [2.24, 2.45) is 0 Å². The summed E-state index contributed by atoms with van der Waals surface area (Å²) in [6, 6.07) is 9.25. The first kappa shape index (κ1) is 11.2. The van der Waals surface area contributed by atoms with E-state index in [1.54, 1.807) is 18.4 Å². The van der Waals surface area contributed by atoms with Crippen LogP contribution in [-0.4, -0.2) is 15.8 Å². The van der Waals surface area contributed by atoms with Gasteiger partial charge in [0.05, 0.1) is 6.07 Å². The molecule has 0 radical (unpaired) electrons. The van der Waals surface area contributed by atoms with Crippen LogP contribution in [0.5, 0.6) is 0 Å². The Hall–Kier alpha value is -0.850. The average molecular weight is 228 g/mol. The Morgan fingerprint density at radius 1 is 1.50 bits per heavy atom. The van der Waals surface area contributed by atoms with Gasteiger partial charge in [0.1, 0.15) is 5.38 Å². The molecule has 0 heterocycles. The van der Waals surface area contributed by atoms with E-state index < -0.39 is 16.2 Å². The quantitative estimate of drug-likeness (QED) is 0.742. The summed E-state index contributed by atoms with van der Waals surface area (Å²) in [7, 11) is -0.950. The molecule has 2 nitrogen and oxygen atoms in total. The van der Waals surface area contributed by atoms with Crippen molar-refractivity contribution in [3.05, 3.63) is 29.8 Å². The van der Waals surface area contributed by atoms with Gasteiger partial charge in [-0.1, -0.05) is 12.1 Å². The van der Waals surface area contributed by atoms with Gasteiger partial charge in [-0.3, -0.25) is 4.21 Å². The van der Waals surface area contributed by atoms with Crippen LogP contribution in [0, 0.1) is 11.3 Å². The zero-order chi connectivity index (χ0) is 10.6. The zero-order valence-electron chi connectivity index (χ0n) is 7.74. The molecule has 0 amide bonds. The molecule has 0 fully saturated rings. The molecule has 0 aliphatic carbocycles. The molecule has 0 N–H and O–H groups in total. The second-order valence-electron chi connectivity index (χ2n) is 2.90. The van der Waals surface area contributed by atoms with Crippen LogP contribution in [0.25, 0.3) is 0 Å². The van der Waals surface area contributed by atoms with Gasteiger partial charge in [-0.05, 0) is 17.7 Å². The SMILES string of the molecule is CS(=O)c1ccc(CC(Cl)C#N)cc1. The van der Waals surface area contributed by atoms with Gasteiger partial charge in [0.25, 0.3) is 0 Å². The highest BCUT2D eigenvalue weighted by Crippen LogP contribution is 2.11. The Bertz CT molecular complexity index is 369. The standard InChI is InChI=1S/C10H10ClNOS/c1-14(13)10-4-2-8(3-5-10)6-9(11)7-12/h2-5,9H,6H2,1H3. The Morgan fingerprint density at radius 3 is 2.50 bits per heavy atom. The van der Waals surface area contributed by atoms with Gasteiger partial charge >= 0.3 is 0 Å². The lowest BCUT2D eigenvalue weighted by Gasteiger charge is -2.02. The molecule has 2 atom stereocenters. The van der Waals surface area contributed by atoms with E-state index in [0.717, 1.165) is 10.5 Å². The van der Waals surface area contributed by atoms with Crippen molar-refractivity contribution in [1.29, 1.82) is 5.26 Å². The largest absolute Gasteiger partial charge is 0.255 e. The molecule has 4 heteroatoms. The summed E-state index contributed by atoms with van der Waals surface area (Å²) < 4.78 is 11.1. The van der Waals surface area contributed by atoms with Crippen molar-refractivity contribution in [3.63, 3.8) is 0 Å². The lowest BCUT2D eigenvalue weighted by molar-refractivity contribution is 0.687. The maximum absolute atomic E-state index is 11.1. The fourth-order valence-corrected chi connectivity index (χ4v) is 1.77. The topological polar surface area (TPSA) is 40.9 Å². The summed E-state index contributed by atoms with van der Waals surface area (Å²) in [5, 5.41) is 8.02. The number of halogens is 1. The molecule has 0 aromatic heterocycles. The predicted molar refractivity (Wildman–Crippen MR) is 57.7 cm³/mol. The number of hydrogen-bond acceptors (Lipinski definition) is 2. The molecular formula is C10H10ClNOS. The summed E-state index contributed by atoms with van der Waals surface area (Å²) in [5.41, 5.74) is 0.987. The molecular weight excluding hydrogens is 218 g/mol. The Kier molecular flexibility index (Phi) is 4.12. The van der Waals surface area contributed by atoms with Gasteiger partial charge in [-0.15, -0.1) is 11.6 Å². The summed E-state index contributed by atoms with van der Waals surface area (Å²) in [6.07, 6.45) is 2.16. The van der Waals surface area contributed by atoms with Crippen LogP contribution < -0.4 is 0 Å². The molecule has 1 aromatic carbocycles. The van der Waals surface area contributed by atoms with E-state index >= 15 is 0 Å². The lowest BCUT2D eigenvalue weighted by Crippen LogP contribution is -1.99. The highest BCUT2D eigenvalue weighted by Gasteiger charge is 2.04. The van der Waals surface area contributed by atoms with Crippen LogP contribution in [0.4, 0.5) is 0 Å². The van der Waals surface area contributed by atoms with Gasteiger partial charge in [0.15, 0.2) is 0 Å². The Labute approximate surface area is 91.0 Å². The third-order valence-electron chi connectivity index (χ3n) is 1.81. The smallest absolute Gasteiger partial charge is 0.124 e. The van der Waals surface area contributed by atoms with Gasteiger partial charge in [-0.25, -0.2) is 0 Å². The van der Waals surface area contributed by atoms with Gasteiger partial charge in [0.2, 0.25) is 0 Å². The molecule has 0 saturated carbocycles. The first-order valence-corrected chi connectivity index (χ1v) is 6.09. The second kappa shape index (κ2) is 5.14. The van der Waals surface area contributed by atoms with E-state index in [9.17, 15) is 4.21 Å². The number of hydrogen-bond donors (Lipinski definition) is 0. The zero-order valence-corrected chi connectivity index (χ0v) is 9.31. The third-order valence-corrected chi connectivity index (χ3v) is 3.00. The van der Waals surface area contributed by atoms with Gasteiger partial charge in [0, 0.05) is 28.4 Å². The van der Waals surface area contributed by atoms with Crippen LogP contribution in [0.1, 0.15) is 5.56 Å². The normalized spacial score (nSPS) is 14.4. The first-order chi connectivity index (χ1) is 6.63. The maximum atomic E-state index is 11.1. The van der Waals surface area contributed by atoms with Gasteiger partial charge in [-0.2, -0.15) is 5.26 Å². The van der Waals surface area contributed by atoms with Gasteiger partial charge < -0.3 is 0 Å². The van der Waals surface area contributed by atoms with Crippen molar-refractivity contribution < 1.29 is 4.21 Å². The third kappa shape index (κ3) is 3.13. The van der Waals surface area contributed by atoms with Crippen molar-refractivity contribution in [1.82, 2.24) is 0 Å². The number of rotatable bonds is 3. The van der Waals surface area contributed by atoms with Crippen molar-refractivity contribution in [2.45, 2.75) is 16.7 Å². The van der Waals surface area contributed by atoms with E-state index in [1.807, 2.05) is 18.2 Å². The maximum Gasteiger partial charge on any atom is 0.124 e. The summed E-state index contributed by atoms with van der Waals surface area (Å²) in [4.78, 5) is 0.789. The average Bonchev–Trinajstić information content (AvgIpc) is 2.18. The predicted octanol–water partition coefficient (Wildman–Crippen LogP) is 2.10. The molecule has 2 unspecified atom stereocenters. The van der Waals surface area contributed by atoms with E-state index in [0.29, 0.717) is 6.42 Å². The van der Waals surface area contributed by atoms with Crippen molar-refractivity contribution in [3.8, 4) is 6.07 Å². The van der Waals surface area contributed by atoms with E-state index in [-0.39, 0.29) is 0 Å². The van der Waals surface area contributed by atoms with Crippen molar-refractivity contribution in [2.75, 3.05) is 6.26 Å². The van der Waals surface area contributed by atoms with Crippen LogP contribution in [0.15, 0.2) is 29.2 Å². The van der Waals surface area contributed by atoms with Crippen LogP contribution in [0.3, 0.4) is 0 Å². The van der Waals surface area contributed by atoms with Crippen LogP contribution in [0.2, 0.25) is 0 Å². The molecule has 0 spiro atoms. The Morgan fingerprint density at radius 2 is 2.07 bits per heavy atom. The van der Waals surface area contributed by atoms with Crippen LogP contribution in [-0.2, 0) is 17.2 Å². The summed E-state index contributed by atoms with van der Waals surface area (Å²) >= 11 is 5.68. The van der Waals surface area contributed by atoms with E-state index in [2.05, 4.69) is 0 Å². The molecule has 74 valence electrons. The number of nitrogens with zero attached hydrogens (tertiary/aromatic N) is 1. The number of nitriles is 1. The summed E-state index contributed by atoms with van der Waals surface area (Å²) in [5.74, 6) is 0. The molecule has 0 aliphatic rings. The minimum atomic E-state index is -0.950. The van der Waals surface area contributed by atoms with Crippen LogP contribution >= 0.6 is 11.6 Å².